The lowest BCUT2D eigenvalue weighted by atomic mass is 9.97. The highest BCUT2D eigenvalue weighted by atomic mass is 16.4. The van der Waals surface area contributed by atoms with Gasteiger partial charge in [-0.15, -0.1) is 0 Å². The van der Waals surface area contributed by atoms with Crippen molar-refractivity contribution in [2.75, 3.05) is 13.1 Å². The fraction of sp³-hybridized carbons (Fsp3) is 0.545. The van der Waals surface area contributed by atoms with Crippen LogP contribution < -0.4 is 5.32 Å². The second-order valence-electron chi connectivity index (χ2n) is 4.55. The number of amides is 2. The van der Waals surface area contributed by atoms with Crippen molar-refractivity contribution in [3.63, 3.8) is 0 Å². The topological polar surface area (TPSA) is 98.3 Å². The van der Waals surface area contributed by atoms with E-state index >= 15 is 0 Å². The standard InChI is InChI=1S/C11H16N4O3/c1-7-9(4-13-14-7)3-12-11(18)15-5-8(6-15)2-10(16)17/h4,8H,2-3,5-6H2,1H3,(H,12,18)(H,13,14)(H,16,17). The quantitative estimate of drug-likeness (QED) is 0.719. The summed E-state index contributed by atoms with van der Waals surface area (Å²) in [6.07, 6.45) is 1.81. The van der Waals surface area contributed by atoms with Gasteiger partial charge >= 0.3 is 12.0 Å². The van der Waals surface area contributed by atoms with Gasteiger partial charge in [0.1, 0.15) is 0 Å². The number of hydrogen-bond acceptors (Lipinski definition) is 3. The molecule has 0 unspecified atom stereocenters. The number of nitrogens with zero attached hydrogens (tertiary/aromatic N) is 2. The van der Waals surface area contributed by atoms with Crippen LogP contribution in [0.2, 0.25) is 0 Å². The molecule has 0 saturated carbocycles. The Kier molecular flexibility index (Phi) is 3.50. The van der Waals surface area contributed by atoms with Crippen molar-refractivity contribution in [2.45, 2.75) is 19.9 Å². The molecular formula is C11H16N4O3. The van der Waals surface area contributed by atoms with E-state index in [1.54, 1.807) is 11.1 Å². The number of carbonyl (C=O) groups excluding carboxylic acids is 1. The number of carbonyl (C=O) groups is 2. The predicted octanol–water partition coefficient (Wildman–Crippen LogP) is 0.334. The lowest BCUT2D eigenvalue weighted by molar-refractivity contribution is -0.139. The van der Waals surface area contributed by atoms with E-state index in [4.69, 9.17) is 5.11 Å². The van der Waals surface area contributed by atoms with Gasteiger partial charge in [-0.05, 0) is 6.92 Å². The summed E-state index contributed by atoms with van der Waals surface area (Å²) in [5.74, 6) is -0.724. The predicted molar refractivity (Wildman–Crippen MR) is 62.9 cm³/mol. The molecular weight excluding hydrogens is 236 g/mol. The van der Waals surface area contributed by atoms with E-state index in [0.29, 0.717) is 19.6 Å². The van der Waals surface area contributed by atoms with Crippen LogP contribution in [0.15, 0.2) is 6.20 Å². The second kappa shape index (κ2) is 5.07. The maximum atomic E-state index is 11.7. The summed E-state index contributed by atoms with van der Waals surface area (Å²) in [5, 5.41) is 18.1. The zero-order chi connectivity index (χ0) is 13.1. The van der Waals surface area contributed by atoms with Crippen LogP contribution in [-0.2, 0) is 11.3 Å². The van der Waals surface area contributed by atoms with E-state index < -0.39 is 5.97 Å². The lowest BCUT2D eigenvalue weighted by Gasteiger charge is -2.38. The lowest BCUT2D eigenvalue weighted by Crippen LogP contribution is -2.54. The number of aromatic amines is 1. The van der Waals surface area contributed by atoms with Crippen molar-refractivity contribution in [2.24, 2.45) is 5.92 Å². The summed E-state index contributed by atoms with van der Waals surface area (Å²) in [7, 11) is 0. The number of carboxylic acids is 1. The fourth-order valence-electron chi connectivity index (χ4n) is 1.95. The van der Waals surface area contributed by atoms with Gasteiger partial charge in [0.15, 0.2) is 0 Å². The first-order valence-corrected chi connectivity index (χ1v) is 5.79. The third kappa shape index (κ3) is 2.79. The van der Waals surface area contributed by atoms with Crippen LogP contribution >= 0.6 is 0 Å². The molecule has 1 saturated heterocycles. The highest BCUT2D eigenvalue weighted by molar-refractivity contribution is 5.75. The van der Waals surface area contributed by atoms with Crippen LogP contribution in [0.1, 0.15) is 17.7 Å². The van der Waals surface area contributed by atoms with Crippen molar-refractivity contribution in [1.82, 2.24) is 20.4 Å². The van der Waals surface area contributed by atoms with Gasteiger partial charge in [0.25, 0.3) is 0 Å². The van der Waals surface area contributed by atoms with E-state index in [1.165, 1.54) is 0 Å². The van der Waals surface area contributed by atoms with Gasteiger partial charge in [-0.1, -0.05) is 0 Å². The number of likely N-dealkylation sites (tertiary alicyclic amines) is 1. The number of urea groups is 1. The van der Waals surface area contributed by atoms with E-state index in [9.17, 15) is 9.59 Å². The van der Waals surface area contributed by atoms with Gasteiger partial charge in [0.2, 0.25) is 0 Å². The molecule has 1 fully saturated rings. The minimum atomic E-state index is -0.811. The zero-order valence-electron chi connectivity index (χ0n) is 10.1. The average molecular weight is 252 g/mol. The van der Waals surface area contributed by atoms with E-state index in [0.717, 1.165) is 11.3 Å². The molecule has 0 radical (unpaired) electrons. The molecule has 0 aliphatic carbocycles. The molecule has 2 heterocycles. The molecule has 18 heavy (non-hydrogen) atoms. The molecule has 1 aromatic rings. The Morgan fingerprint density at radius 2 is 2.33 bits per heavy atom. The van der Waals surface area contributed by atoms with Crippen LogP contribution in [0, 0.1) is 12.8 Å². The number of hydrogen-bond donors (Lipinski definition) is 3. The molecule has 1 aliphatic heterocycles. The highest BCUT2D eigenvalue weighted by Crippen LogP contribution is 2.18. The summed E-state index contributed by atoms with van der Waals surface area (Å²) >= 11 is 0. The molecule has 0 bridgehead atoms. The Bertz CT molecular complexity index is 451. The molecule has 0 spiro atoms. The largest absolute Gasteiger partial charge is 0.481 e. The van der Waals surface area contributed by atoms with Gasteiger partial charge in [-0.2, -0.15) is 5.10 Å². The summed E-state index contributed by atoms with van der Waals surface area (Å²) < 4.78 is 0. The van der Waals surface area contributed by atoms with Crippen molar-refractivity contribution in [1.29, 1.82) is 0 Å². The van der Waals surface area contributed by atoms with Gasteiger partial charge in [-0.25, -0.2) is 4.79 Å². The molecule has 1 aliphatic rings. The first-order valence-electron chi connectivity index (χ1n) is 5.79. The third-order valence-corrected chi connectivity index (χ3v) is 3.07. The molecule has 7 heteroatoms. The van der Waals surface area contributed by atoms with E-state index in [2.05, 4.69) is 15.5 Å². The number of carboxylic acid groups (broad SMARTS) is 1. The first-order chi connectivity index (χ1) is 8.56. The van der Waals surface area contributed by atoms with Crippen LogP contribution in [0.5, 0.6) is 0 Å². The molecule has 7 nitrogen and oxygen atoms in total. The first kappa shape index (κ1) is 12.4. The number of rotatable bonds is 4. The van der Waals surface area contributed by atoms with Gasteiger partial charge in [-0.3, -0.25) is 9.89 Å². The normalized spacial score (nSPS) is 15.3. The zero-order valence-corrected chi connectivity index (χ0v) is 10.1. The molecule has 2 amide bonds. The Morgan fingerprint density at radius 3 is 2.89 bits per heavy atom. The van der Waals surface area contributed by atoms with Crippen molar-refractivity contribution >= 4 is 12.0 Å². The summed E-state index contributed by atoms with van der Waals surface area (Å²) in [5.41, 5.74) is 1.88. The van der Waals surface area contributed by atoms with Gasteiger partial charge in [0.05, 0.1) is 12.6 Å². The monoisotopic (exact) mass is 252 g/mol. The minimum Gasteiger partial charge on any atom is -0.481 e. The Balaban J connectivity index is 1.71. The summed E-state index contributed by atoms with van der Waals surface area (Å²) in [6.45, 7) is 3.35. The maximum Gasteiger partial charge on any atom is 0.317 e. The number of aliphatic carboxylic acids is 1. The second-order valence-corrected chi connectivity index (χ2v) is 4.55. The van der Waals surface area contributed by atoms with Crippen LogP contribution in [-0.4, -0.2) is 45.3 Å². The molecule has 98 valence electrons. The molecule has 0 aromatic carbocycles. The van der Waals surface area contributed by atoms with E-state index in [-0.39, 0.29) is 18.4 Å². The number of aromatic nitrogens is 2. The molecule has 3 N–H and O–H groups in total. The van der Waals surface area contributed by atoms with Crippen molar-refractivity contribution in [3.8, 4) is 0 Å². The Labute approximate surface area is 104 Å². The van der Waals surface area contributed by atoms with Crippen molar-refractivity contribution in [3.05, 3.63) is 17.5 Å². The van der Waals surface area contributed by atoms with Crippen LogP contribution in [0.3, 0.4) is 0 Å². The van der Waals surface area contributed by atoms with Crippen LogP contribution in [0.4, 0.5) is 4.79 Å². The Morgan fingerprint density at radius 1 is 1.61 bits per heavy atom. The van der Waals surface area contributed by atoms with Crippen molar-refractivity contribution < 1.29 is 14.7 Å². The minimum absolute atomic E-state index is 0.0870. The van der Waals surface area contributed by atoms with Crippen LogP contribution in [0.25, 0.3) is 0 Å². The van der Waals surface area contributed by atoms with Gasteiger partial charge in [0, 0.05) is 36.8 Å². The molecule has 0 atom stereocenters. The summed E-state index contributed by atoms with van der Waals surface area (Å²) in [6, 6.07) is -0.155. The third-order valence-electron chi connectivity index (χ3n) is 3.07. The number of H-pyrrole nitrogens is 1. The molecule has 1 aromatic heterocycles. The average Bonchev–Trinajstić information content (AvgIpc) is 2.65. The SMILES string of the molecule is Cc1[nH]ncc1CNC(=O)N1CC(CC(=O)O)C1. The molecule has 2 rings (SSSR count). The van der Waals surface area contributed by atoms with Gasteiger partial charge < -0.3 is 15.3 Å². The number of aryl methyl sites for hydroxylation is 1. The Hall–Kier alpha value is -2.05. The summed E-state index contributed by atoms with van der Waals surface area (Å²) in [4.78, 5) is 23.8. The maximum absolute atomic E-state index is 11.7. The van der Waals surface area contributed by atoms with E-state index in [1.807, 2.05) is 6.92 Å². The fourth-order valence-corrected chi connectivity index (χ4v) is 1.95. The smallest absolute Gasteiger partial charge is 0.317 e. The highest BCUT2D eigenvalue weighted by Gasteiger charge is 2.31. The number of nitrogens with one attached hydrogen (secondary N) is 2.